The SMILES string of the molecule is CC(CO)CC(=O)C(=O)CN=C([O-])[C@@H](N)CCCCN. The molecule has 0 saturated carbocycles. The minimum atomic E-state index is -0.749. The highest BCUT2D eigenvalue weighted by molar-refractivity contribution is 6.38. The first-order valence-electron chi connectivity index (χ1n) is 6.76. The first-order valence-corrected chi connectivity index (χ1v) is 6.76. The normalized spacial score (nSPS) is 14.9. The van der Waals surface area contributed by atoms with Crippen LogP contribution in [0.1, 0.15) is 32.6 Å². The standard InChI is InChI=1S/C13H25N3O4/c1-9(8-17)6-11(18)12(19)7-16-13(20)10(15)4-2-3-5-14/h9-10,17H,2-8,14-15H2,1H3,(H,16,20)/p-1/t9?,10-/m0/s1. The summed E-state index contributed by atoms with van der Waals surface area (Å²) in [6.07, 6.45) is 1.92. The van der Waals surface area contributed by atoms with Crippen molar-refractivity contribution in [3.63, 3.8) is 0 Å². The zero-order valence-electron chi connectivity index (χ0n) is 11.9. The Morgan fingerprint density at radius 2 is 1.95 bits per heavy atom. The number of hydrogen-bond donors (Lipinski definition) is 3. The third kappa shape index (κ3) is 7.98. The van der Waals surface area contributed by atoms with Crippen LogP contribution >= 0.6 is 0 Å². The molecule has 0 heterocycles. The minimum Gasteiger partial charge on any atom is -0.861 e. The Morgan fingerprint density at radius 3 is 2.50 bits per heavy atom. The van der Waals surface area contributed by atoms with Gasteiger partial charge in [-0.05, 0) is 31.2 Å². The van der Waals surface area contributed by atoms with Crippen molar-refractivity contribution in [1.29, 1.82) is 0 Å². The van der Waals surface area contributed by atoms with Gasteiger partial charge in [-0.25, -0.2) is 0 Å². The van der Waals surface area contributed by atoms with Crippen LogP contribution in [0, 0.1) is 5.92 Å². The van der Waals surface area contributed by atoms with Crippen LogP contribution in [0.5, 0.6) is 0 Å². The number of aliphatic imine (C=N–C) groups is 1. The highest BCUT2D eigenvalue weighted by Gasteiger charge is 2.16. The van der Waals surface area contributed by atoms with Gasteiger partial charge in [0.05, 0.1) is 0 Å². The molecule has 0 rings (SSSR count). The van der Waals surface area contributed by atoms with E-state index in [1.807, 2.05) is 0 Å². The predicted molar refractivity (Wildman–Crippen MR) is 74.1 cm³/mol. The highest BCUT2D eigenvalue weighted by Crippen LogP contribution is 2.02. The summed E-state index contributed by atoms with van der Waals surface area (Å²) in [5.41, 5.74) is 10.9. The molecule has 0 aromatic carbocycles. The third-order valence-electron chi connectivity index (χ3n) is 2.82. The molecule has 0 spiro atoms. The molecular weight excluding hydrogens is 262 g/mol. The summed E-state index contributed by atoms with van der Waals surface area (Å²) < 4.78 is 0. The molecule has 7 nitrogen and oxygen atoms in total. The number of nitrogens with zero attached hydrogens (tertiary/aromatic N) is 1. The first-order chi connectivity index (χ1) is 9.42. The van der Waals surface area contributed by atoms with Gasteiger partial charge in [0, 0.05) is 19.1 Å². The molecule has 0 aliphatic heterocycles. The molecule has 0 amide bonds. The maximum absolute atomic E-state index is 11.5. The zero-order chi connectivity index (χ0) is 15.5. The van der Waals surface area contributed by atoms with Crippen molar-refractivity contribution in [2.45, 2.75) is 38.6 Å². The van der Waals surface area contributed by atoms with Crippen LogP contribution in [0.25, 0.3) is 0 Å². The van der Waals surface area contributed by atoms with Crippen LogP contribution in [0.4, 0.5) is 0 Å². The molecule has 0 fully saturated rings. The fraction of sp³-hybridized carbons (Fsp3) is 0.769. The van der Waals surface area contributed by atoms with Crippen LogP contribution in [0.15, 0.2) is 4.99 Å². The molecule has 0 aromatic heterocycles. The van der Waals surface area contributed by atoms with E-state index in [9.17, 15) is 14.7 Å². The lowest BCUT2D eigenvalue weighted by Gasteiger charge is -2.18. The first kappa shape index (κ1) is 18.7. The molecule has 0 aromatic rings. The van der Waals surface area contributed by atoms with E-state index in [4.69, 9.17) is 16.6 Å². The summed E-state index contributed by atoms with van der Waals surface area (Å²) in [4.78, 5) is 26.4. The van der Waals surface area contributed by atoms with Crippen molar-refractivity contribution in [3.8, 4) is 0 Å². The van der Waals surface area contributed by atoms with Crippen molar-refractivity contribution in [3.05, 3.63) is 0 Å². The molecule has 5 N–H and O–H groups in total. The van der Waals surface area contributed by atoms with E-state index < -0.39 is 30.1 Å². The smallest absolute Gasteiger partial charge is 0.219 e. The number of carbonyl (C=O) groups excluding carboxylic acids is 2. The van der Waals surface area contributed by atoms with E-state index in [1.54, 1.807) is 6.92 Å². The van der Waals surface area contributed by atoms with E-state index in [1.165, 1.54) is 0 Å². The number of Topliss-reactive ketones (excluding diaryl/α,β-unsaturated/α-hetero) is 2. The Morgan fingerprint density at radius 1 is 1.30 bits per heavy atom. The fourth-order valence-electron chi connectivity index (χ4n) is 1.48. The lowest BCUT2D eigenvalue weighted by molar-refractivity contribution is -0.220. The van der Waals surface area contributed by atoms with E-state index in [0.717, 1.165) is 12.8 Å². The summed E-state index contributed by atoms with van der Waals surface area (Å²) in [7, 11) is 0. The quantitative estimate of drug-likeness (QED) is 0.180. The van der Waals surface area contributed by atoms with Crippen LogP contribution in [0.2, 0.25) is 0 Å². The van der Waals surface area contributed by atoms with Crippen molar-refractivity contribution in [2.75, 3.05) is 19.7 Å². The number of hydrogen-bond acceptors (Lipinski definition) is 7. The van der Waals surface area contributed by atoms with E-state index >= 15 is 0 Å². The summed E-state index contributed by atoms with van der Waals surface area (Å²) in [5.74, 6) is -2.20. The lowest BCUT2D eigenvalue weighted by atomic mass is 10.0. The van der Waals surface area contributed by atoms with Crippen molar-refractivity contribution in [2.24, 2.45) is 22.4 Å². The van der Waals surface area contributed by atoms with Crippen LogP contribution in [-0.4, -0.2) is 48.3 Å². The summed E-state index contributed by atoms with van der Waals surface area (Å²) in [6.45, 7) is 1.55. The molecule has 0 bridgehead atoms. The predicted octanol–water partition coefficient (Wildman–Crippen LogP) is -1.64. The van der Waals surface area contributed by atoms with E-state index in [2.05, 4.69) is 4.99 Å². The molecule has 0 aliphatic rings. The number of aliphatic hydroxyl groups excluding tert-OH is 1. The molecular formula is C13H24N3O4-. The van der Waals surface area contributed by atoms with E-state index in [0.29, 0.717) is 13.0 Å². The Hall–Kier alpha value is -1.31. The lowest BCUT2D eigenvalue weighted by Crippen LogP contribution is -2.40. The molecule has 0 aliphatic carbocycles. The number of unbranched alkanes of at least 4 members (excludes halogenated alkanes) is 1. The average Bonchev–Trinajstić information content (AvgIpc) is 2.43. The molecule has 20 heavy (non-hydrogen) atoms. The molecule has 2 atom stereocenters. The van der Waals surface area contributed by atoms with Crippen LogP contribution in [0.3, 0.4) is 0 Å². The number of aliphatic hydroxyl groups is 1. The summed E-state index contributed by atoms with van der Waals surface area (Å²) in [6, 6.07) is -0.749. The molecule has 1 unspecified atom stereocenters. The Balaban J connectivity index is 4.18. The second-order valence-electron chi connectivity index (χ2n) is 4.88. The molecule has 0 saturated heterocycles. The van der Waals surface area contributed by atoms with Gasteiger partial charge in [-0.15, -0.1) is 0 Å². The van der Waals surface area contributed by atoms with E-state index in [-0.39, 0.29) is 18.9 Å². The van der Waals surface area contributed by atoms with Gasteiger partial charge in [-0.1, -0.05) is 13.3 Å². The highest BCUT2D eigenvalue weighted by atomic mass is 16.3. The van der Waals surface area contributed by atoms with Crippen LogP contribution in [-0.2, 0) is 9.59 Å². The Labute approximate surface area is 119 Å². The van der Waals surface area contributed by atoms with Gasteiger partial charge in [0.15, 0.2) is 0 Å². The largest absolute Gasteiger partial charge is 0.861 e. The van der Waals surface area contributed by atoms with Gasteiger partial charge in [-0.3, -0.25) is 14.6 Å². The third-order valence-corrected chi connectivity index (χ3v) is 2.82. The van der Waals surface area contributed by atoms with Gasteiger partial charge >= 0.3 is 0 Å². The second-order valence-corrected chi connectivity index (χ2v) is 4.88. The Bertz CT molecular complexity index is 345. The number of ketones is 2. The van der Waals surface area contributed by atoms with Crippen molar-refractivity contribution in [1.82, 2.24) is 0 Å². The summed E-state index contributed by atoms with van der Waals surface area (Å²) in [5, 5.41) is 20.3. The fourth-order valence-corrected chi connectivity index (χ4v) is 1.48. The van der Waals surface area contributed by atoms with Gasteiger partial charge in [0.2, 0.25) is 11.6 Å². The van der Waals surface area contributed by atoms with Crippen molar-refractivity contribution < 1.29 is 19.8 Å². The van der Waals surface area contributed by atoms with Gasteiger partial charge in [0.1, 0.15) is 6.54 Å². The maximum atomic E-state index is 11.5. The number of carbonyl (C=O) groups is 2. The summed E-state index contributed by atoms with van der Waals surface area (Å²) >= 11 is 0. The van der Waals surface area contributed by atoms with Gasteiger partial charge in [-0.2, -0.15) is 0 Å². The van der Waals surface area contributed by atoms with Gasteiger partial charge < -0.3 is 21.7 Å². The number of rotatable bonds is 11. The van der Waals surface area contributed by atoms with Crippen LogP contribution < -0.4 is 16.6 Å². The topological polar surface area (TPSA) is 142 Å². The zero-order valence-corrected chi connectivity index (χ0v) is 11.9. The van der Waals surface area contributed by atoms with Crippen molar-refractivity contribution >= 4 is 17.5 Å². The maximum Gasteiger partial charge on any atom is 0.219 e. The van der Waals surface area contributed by atoms with Gasteiger partial charge in [0.25, 0.3) is 0 Å². The second kappa shape index (κ2) is 10.5. The average molecular weight is 286 g/mol. The monoisotopic (exact) mass is 286 g/mol. The number of nitrogens with two attached hydrogens (primary N) is 2. The molecule has 0 radical (unpaired) electrons. The molecule has 7 heteroatoms. The molecule has 116 valence electrons. The minimum absolute atomic E-state index is 0.0401. The Kier molecular flexibility index (Phi) is 9.79.